The van der Waals surface area contributed by atoms with Gasteiger partial charge in [-0.1, -0.05) is 13.8 Å². The van der Waals surface area contributed by atoms with Crippen molar-refractivity contribution in [2.75, 3.05) is 19.6 Å². The molecule has 0 atom stereocenters. The number of hydrogen-bond acceptors (Lipinski definition) is 2. The molecule has 0 aliphatic heterocycles. The minimum absolute atomic E-state index is 1.16. The molecular formula is C10H16NS. The Morgan fingerprint density at radius 3 is 2.67 bits per heavy atom. The van der Waals surface area contributed by atoms with Crippen LogP contribution in [0, 0.1) is 5.38 Å². The summed E-state index contributed by atoms with van der Waals surface area (Å²) in [5.41, 5.74) is 0. The lowest BCUT2D eigenvalue weighted by molar-refractivity contribution is 0.308. The minimum atomic E-state index is 1.16. The van der Waals surface area contributed by atoms with E-state index in [1.807, 2.05) is 6.07 Å². The Hall–Kier alpha value is -0.340. The number of rotatable bonds is 5. The Kier molecular flexibility index (Phi) is 4.33. The maximum atomic E-state index is 3.11. The van der Waals surface area contributed by atoms with E-state index in [0.29, 0.717) is 0 Å². The summed E-state index contributed by atoms with van der Waals surface area (Å²) in [7, 11) is 0. The SMILES string of the molecule is CCN(CC)CCc1cc[c]s1. The van der Waals surface area contributed by atoms with Gasteiger partial charge in [-0.3, -0.25) is 0 Å². The van der Waals surface area contributed by atoms with Gasteiger partial charge < -0.3 is 4.90 Å². The minimum Gasteiger partial charge on any atom is -0.304 e. The molecule has 0 unspecified atom stereocenters. The molecule has 1 aromatic heterocycles. The first-order valence-electron chi connectivity index (χ1n) is 4.54. The highest BCUT2D eigenvalue weighted by Crippen LogP contribution is 2.08. The molecule has 0 fully saturated rings. The van der Waals surface area contributed by atoms with Gasteiger partial charge in [0.15, 0.2) is 0 Å². The van der Waals surface area contributed by atoms with Crippen molar-refractivity contribution in [3.8, 4) is 0 Å². The lowest BCUT2D eigenvalue weighted by atomic mass is 10.3. The third-order valence-electron chi connectivity index (χ3n) is 2.10. The fraction of sp³-hybridized carbons (Fsp3) is 0.600. The smallest absolute Gasteiger partial charge is 0.0445 e. The van der Waals surface area contributed by atoms with Crippen molar-refractivity contribution in [2.45, 2.75) is 20.3 Å². The van der Waals surface area contributed by atoms with Gasteiger partial charge in [0.05, 0.1) is 0 Å². The quantitative estimate of drug-likeness (QED) is 0.676. The van der Waals surface area contributed by atoms with Crippen molar-refractivity contribution in [1.29, 1.82) is 0 Å². The molecule has 12 heavy (non-hydrogen) atoms. The lowest BCUT2D eigenvalue weighted by Gasteiger charge is -2.16. The Balaban J connectivity index is 2.25. The molecule has 0 spiro atoms. The Morgan fingerprint density at radius 1 is 1.42 bits per heavy atom. The van der Waals surface area contributed by atoms with E-state index in [-0.39, 0.29) is 0 Å². The van der Waals surface area contributed by atoms with Crippen LogP contribution in [0.5, 0.6) is 0 Å². The van der Waals surface area contributed by atoms with Crippen LogP contribution in [0.15, 0.2) is 12.1 Å². The highest BCUT2D eigenvalue weighted by atomic mass is 32.1. The molecule has 0 aliphatic rings. The van der Waals surface area contributed by atoms with Crippen LogP contribution in [0.1, 0.15) is 18.7 Å². The van der Waals surface area contributed by atoms with Crippen molar-refractivity contribution in [2.24, 2.45) is 0 Å². The molecule has 1 nitrogen and oxygen atoms in total. The largest absolute Gasteiger partial charge is 0.304 e. The third-order valence-corrected chi connectivity index (χ3v) is 2.95. The summed E-state index contributed by atoms with van der Waals surface area (Å²) in [5.74, 6) is 0. The van der Waals surface area contributed by atoms with Crippen LogP contribution in [0.2, 0.25) is 0 Å². The van der Waals surface area contributed by atoms with E-state index in [9.17, 15) is 0 Å². The van der Waals surface area contributed by atoms with Crippen LogP contribution in [0.3, 0.4) is 0 Å². The maximum absolute atomic E-state index is 3.11. The second-order valence-corrected chi connectivity index (χ2v) is 3.76. The lowest BCUT2D eigenvalue weighted by Crippen LogP contribution is -2.25. The van der Waals surface area contributed by atoms with Crippen LogP contribution in [0.4, 0.5) is 0 Å². The van der Waals surface area contributed by atoms with Gasteiger partial charge in [0, 0.05) is 16.8 Å². The zero-order chi connectivity index (χ0) is 8.81. The standard InChI is InChI=1S/C10H16NS/c1-3-11(4-2)8-7-10-6-5-9-12-10/h5-6H,3-4,7-8H2,1-2H3. The molecule has 0 bridgehead atoms. The third kappa shape index (κ3) is 2.95. The summed E-state index contributed by atoms with van der Waals surface area (Å²) >= 11 is 1.73. The second-order valence-electron chi connectivity index (χ2n) is 2.80. The first-order chi connectivity index (χ1) is 5.86. The Morgan fingerprint density at radius 2 is 2.17 bits per heavy atom. The van der Waals surface area contributed by atoms with Gasteiger partial charge >= 0.3 is 0 Å². The zero-order valence-electron chi connectivity index (χ0n) is 7.84. The van der Waals surface area contributed by atoms with Crippen LogP contribution < -0.4 is 0 Å². The highest BCUT2D eigenvalue weighted by Gasteiger charge is 1.99. The Labute approximate surface area is 79.0 Å². The van der Waals surface area contributed by atoms with Crippen molar-refractivity contribution in [1.82, 2.24) is 4.90 Å². The van der Waals surface area contributed by atoms with Crippen LogP contribution in [-0.4, -0.2) is 24.5 Å². The molecular weight excluding hydrogens is 166 g/mol. The molecule has 1 heterocycles. The number of thiophene rings is 1. The van der Waals surface area contributed by atoms with E-state index in [0.717, 1.165) is 13.1 Å². The van der Waals surface area contributed by atoms with Crippen molar-refractivity contribution >= 4 is 11.3 Å². The summed E-state index contributed by atoms with van der Waals surface area (Å²) in [4.78, 5) is 3.89. The summed E-state index contributed by atoms with van der Waals surface area (Å²) < 4.78 is 0. The predicted molar refractivity (Wildman–Crippen MR) is 54.6 cm³/mol. The van der Waals surface area contributed by atoms with Gasteiger partial charge in [0.2, 0.25) is 0 Å². The van der Waals surface area contributed by atoms with Crippen LogP contribution >= 0.6 is 11.3 Å². The highest BCUT2D eigenvalue weighted by molar-refractivity contribution is 7.09. The monoisotopic (exact) mass is 182 g/mol. The second kappa shape index (κ2) is 5.33. The number of nitrogens with zero attached hydrogens (tertiary/aromatic N) is 1. The fourth-order valence-corrected chi connectivity index (χ4v) is 1.83. The summed E-state index contributed by atoms with van der Waals surface area (Å²) in [5, 5.41) is 3.11. The summed E-state index contributed by atoms with van der Waals surface area (Å²) in [6, 6.07) is 4.16. The normalized spacial score (nSPS) is 10.9. The molecule has 1 radical (unpaired) electrons. The van der Waals surface area contributed by atoms with Gasteiger partial charge in [-0.05, 0) is 31.6 Å². The van der Waals surface area contributed by atoms with E-state index in [1.165, 1.54) is 17.8 Å². The molecule has 0 aliphatic carbocycles. The fourth-order valence-electron chi connectivity index (χ4n) is 1.21. The van der Waals surface area contributed by atoms with Gasteiger partial charge in [-0.25, -0.2) is 0 Å². The first kappa shape index (κ1) is 9.75. The molecule has 1 aromatic rings. The summed E-state index contributed by atoms with van der Waals surface area (Å²) in [6.45, 7) is 7.92. The van der Waals surface area contributed by atoms with Crippen LogP contribution in [0.25, 0.3) is 0 Å². The van der Waals surface area contributed by atoms with Crippen molar-refractivity contribution in [3.63, 3.8) is 0 Å². The number of likely N-dealkylation sites (N-methyl/N-ethyl adjacent to an activating group) is 1. The topological polar surface area (TPSA) is 3.24 Å². The van der Waals surface area contributed by atoms with E-state index in [4.69, 9.17) is 0 Å². The zero-order valence-corrected chi connectivity index (χ0v) is 8.66. The Bertz CT molecular complexity index is 190. The van der Waals surface area contributed by atoms with Crippen molar-refractivity contribution in [3.05, 3.63) is 22.4 Å². The molecule has 67 valence electrons. The van der Waals surface area contributed by atoms with Gasteiger partial charge in [0.1, 0.15) is 0 Å². The molecule has 0 amide bonds. The van der Waals surface area contributed by atoms with E-state index in [2.05, 4.69) is 30.2 Å². The molecule has 1 rings (SSSR count). The van der Waals surface area contributed by atoms with Gasteiger partial charge in [-0.15, -0.1) is 11.3 Å². The molecule has 0 saturated carbocycles. The average molecular weight is 182 g/mol. The molecule has 0 aromatic carbocycles. The number of hydrogen-bond donors (Lipinski definition) is 0. The molecule has 2 heteroatoms. The molecule has 0 N–H and O–H groups in total. The van der Waals surface area contributed by atoms with E-state index in [1.54, 1.807) is 11.3 Å². The maximum Gasteiger partial charge on any atom is 0.0445 e. The van der Waals surface area contributed by atoms with Gasteiger partial charge in [0.25, 0.3) is 0 Å². The first-order valence-corrected chi connectivity index (χ1v) is 5.35. The van der Waals surface area contributed by atoms with Gasteiger partial charge in [-0.2, -0.15) is 0 Å². The van der Waals surface area contributed by atoms with E-state index < -0.39 is 0 Å². The molecule has 0 saturated heterocycles. The van der Waals surface area contributed by atoms with Crippen molar-refractivity contribution < 1.29 is 0 Å². The van der Waals surface area contributed by atoms with Crippen LogP contribution in [-0.2, 0) is 6.42 Å². The van der Waals surface area contributed by atoms with E-state index >= 15 is 0 Å². The summed E-state index contributed by atoms with van der Waals surface area (Å²) in [6.07, 6.45) is 1.18. The predicted octanol–water partition coefficient (Wildman–Crippen LogP) is 2.43. The average Bonchev–Trinajstić information content (AvgIpc) is 2.59.